The second-order valence-corrected chi connectivity index (χ2v) is 1.22. The molecule has 0 saturated heterocycles. The van der Waals surface area contributed by atoms with E-state index in [0.29, 0.717) is 0 Å². The minimum Gasteiger partial charge on any atom is -0.759 e. The molecule has 0 radical (unpaired) electrons. The molecule has 0 spiro atoms. The quantitative estimate of drug-likeness (QED) is 0.231. The van der Waals surface area contributed by atoms with Crippen LogP contribution < -0.4 is 29.6 Å². The van der Waals surface area contributed by atoms with Gasteiger partial charge in [-0.05, 0) is 0 Å². The van der Waals surface area contributed by atoms with E-state index in [2.05, 4.69) is 0 Å². The Morgan fingerprint density at radius 1 is 1.12 bits per heavy atom. The zero-order chi connectivity index (χ0) is 4.50. The summed E-state index contributed by atoms with van der Waals surface area (Å²) in [5.74, 6) is 0. The Morgan fingerprint density at radius 3 is 1.12 bits per heavy atom. The monoisotopic (exact) mass is 215 g/mol. The molecular formula is CaFeNaO4S+3. The SMILES string of the molecule is O=S(=O)([O-])[O-].[Ca+2].[Fe+2].[Na+]. The van der Waals surface area contributed by atoms with E-state index in [4.69, 9.17) is 17.5 Å². The van der Waals surface area contributed by atoms with Crippen molar-refractivity contribution in [3.8, 4) is 0 Å². The molecule has 0 atom stereocenters. The first-order valence-corrected chi connectivity index (χ1v) is 2.00. The van der Waals surface area contributed by atoms with Gasteiger partial charge < -0.3 is 9.11 Å². The van der Waals surface area contributed by atoms with Crippen molar-refractivity contribution in [1.82, 2.24) is 0 Å². The Hall–Kier alpha value is 2.65. The summed E-state index contributed by atoms with van der Waals surface area (Å²) in [4.78, 5) is 0. The zero-order valence-corrected chi connectivity index (χ0v) is 10.2. The molecule has 0 aromatic rings. The summed E-state index contributed by atoms with van der Waals surface area (Å²) in [6.45, 7) is 0. The molecule has 0 bridgehead atoms. The first-order chi connectivity index (χ1) is 2.00. The predicted molar refractivity (Wildman–Crippen MR) is 16.2 cm³/mol. The first-order valence-electron chi connectivity index (χ1n) is 0.667. The third-order valence-electron chi connectivity index (χ3n) is 0. The fourth-order valence-corrected chi connectivity index (χ4v) is 0. The van der Waals surface area contributed by atoms with Crippen molar-refractivity contribution in [3.05, 3.63) is 0 Å². The van der Waals surface area contributed by atoms with E-state index in [1.165, 1.54) is 0 Å². The van der Waals surface area contributed by atoms with Crippen molar-refractivity contribution in [2.75, 3.05) is 0 Å². The largest absolute Gasteiger partial charge is 2.00 e. The molecule has 4 nitrogen and oxygen atoms in total. The Kier molecular flexibility index (Phi) is 27.0. The van der Waals surface area contributed by atoms with Gasteiger partial charge in [0.15, 0.2) is 0 Å². The van der Waals surface area contributed by atoms with E-state index in [1.807, 2.05) is 0 Å². The average Bonchev–Trinajstić information content (AvgIpc) is 0.722. The van der Waals surface area contributed by atoms with Crippen LogP contribution in [0, 0.1) is 0 Å². The van der Waals surface area contributed by atoms with Crippen LogP contribution in [-0.2, 0) is 27.5 Å². The van der Waals surface area contributed by atoms with Gasteiger partial charge in [-0.3, -0.25) is 8.42 Å². The third-order valence-corrected chi connectivity index (χ3v) is 0. The smallest absolute Gasteiger partial charge is 0.759 e. The van der Waals surface area contributed by atoms with Gasteiger partial charge in [0, 0.05) is 10.4 Å². The predicted octanol–water partition coefficient (Wildman–Crippen LogP) is -4.72. The van der Waals surface area contributed by atoms with Crippen molar-refractivity contribution in [2.45, 2.75) is 0 Å². The second kappa shape index (κ2) is 9.65. The standard InChI is InChI=1S/Ca.Fe.Na.H2O4S/c;;;1-5(2,3)4/h;;;(H2,1,2,3,4)/q2*+2;+1;/p-2. The summed E-state index contributed by atoms with van der Waals surface area (Å²) < 4.78 is 34.1. The van der Waals surface area contributed by atoms with Crippen LogP contribution in [0.1, 0.15) is 0 Å². The van der Waals surface area contributed by atoms with Crippen molar-refractivity contribution in [3.63, 3.8) is 0 Å². The Morgan fingerprint density at radius 2 is 1.12 bits per heavy atom. The van der Waals surface area contributed by atoms with Gasteiger partial charge in [0.2, 0.25) is 0 Å². The van der Waals surface area contributed by atoms with Crippen LogP contribution in [0.4, 0.5) is 0 Å². The molecule has 0 aromatic carbocycles. The van der Waals surface area contributed by atoms with E-state index >= 15 is 0 Å². The molecule has 0 aliphatic heterocycles. The van der Waals surface area contributed by atoms with Crippen LogP contribution in [0.25, 0.3) is 0 Å². The Labute approximate surface area is 110 Å². The van der Waals surface area contributed by atoms with Gasteiger partial charge in [0.05, 0.1) is 0 Å². The van der Waals surface area contributed by atoms with Crippen molar-refractivity contribution in [2.24, 2.45) is 0 Å². The van der Waals surface area contributed by atoms with Gasteiger partial charge in [-0.2, -0.15) is 0 Å². The van der Waals surface area contributed by atoms with E-state index in [1.54, 1.807) is 0 Å². The van der Waals surface area contributed by atoms with Crippen LogP contribution in [0.5, 0.6) is 0 Å². The molecule has 8 heavy (non-hydrogen) atoms. The molecule has 0 aliphatic carbocycles. The first kappa shape index (κ1) is 22.4. The molecule has 0 aromatic heterocycles. The van der Waals surface area contributed by atoms with E-state index in [-0.39, 0.29) is 84.4 Å². The van der Waals surface area contributed by atoms with Gasteiger partial charge in [-0.1, -0.05) is 0 Å². The van der Waals surface area contributed by atoms with E-state index in [9.17, 15) is 0 Å². The van der Waals surface area contributed by atoms with Crippen LogP contribution in [0.3, 0.4) is 0 Å². The maximum atomic E-state index is 8.52. The molecule has 0 unspecified atom stereocenters. The van der Waals surface area contributed by atoms with Gasteiger partial charge >= 0.3 is 84.4 Å². The molecule has 0 fully saturated rings. The Bertz CT molecular complexity index is 99.2. The van der Waals surface area contributed by atoms with E-state index < -0.39 is 10.4 Å². The fourth-order valence-electron chi connectivity index (χ4n) is 0. The van der Waals surface area contributed by atoms with Crippen LogP contribution in [-0.4, -0.2) is 55.3 Å². The van der Waals surface area contributed by atoms with Crippen LogP contribution >= 0.6 is 0 Å². The molecular weight excluding hydrogens is 215 g/mol. The molecule has 0 heterocycles. The van der Waals surface area contributed by atoms with Crippen molar-refractivity contribution >= 4 is 48.1 Å². The molecule has 0 saturated carbocycles. The molecule has 0 aliphatic rings. The minimum atomic E-state index is -5.17. The van der Waals surface area contributed by atoms with Gasteiger partial charge in [0.1, 0.15) is 0 Å². The summed E-state index contributed by atoms with van der Waals surface area (Å²) in [6.07, 6.45) is 0. The van der Waals surface area contributed by atoms with Crippen molar-refractivity contribution < 1.29 is 64.1 Å². The number of hydrogen-bond donors (Lipinski definition) is 0. The zero-order valence-electron chi connectivity index (χ0n) is 4.10. The third kappa shape index (κ3) is 72.1. The molecule has 38 valence electrons. The molecule has 0 rings (SSSR count). The molecule has 0 amide bonds. The molecule has 8 heteroatoms. The summed E-state index contributed by atoms with van der Waals surface area (Å²) >= 11 is 0. The maximum absolute atomic E-state index is 8.52. The topological polar surface area (TPSA) is 80.3 Å². The van der Waals surface area contributed by atoms with E-state index in [0.717, 1.165) is 0 Å². The van der Waals surface area contributed by atoms with Crippen molar-refractivity contribution in [1.29, 1.82) is 0 Å². The summed E-state index contributed by atoms with van der Waals surface area (Å²) in [6, 6.07) is 0. The normalized spacial score (nSPS) is 7.25. The Balaban J connectivity index is -0.0000000267. The maximum Gasteiger partial charge on any atom is 2.00 e. The minimum absolute atomic E-state index is 0. The number of hydrogen-bond acceptors (Lipinski definition) is 4. The second-order valence-electron chi connectivity index (χ2n) is 0.408. The summed E-state index contributed by atoms with van der Waals surface area (Å²) in [5, 5.41) is 0. The van der Waals surface area contributed by atoms with Crippen LogP contribution in [0.15, 0.2) is 0 Å². The van der Waals surface area contributed by atoms with Crippen LogP contribution in [0.2, 0.25) is 0 Å². The molecule has 0 N–H and O–H groups in total. The van der Waals surface area contributed by atoms with Gasteiger partial charge in [-0.25, -0.2) is 0 Å². The fraction of sp³-hybridized carbons (Fsp3) is 0. The number of rotatable bonds is 0. The summed E-state index contributed by atoms with van der Waals surface area (Å²) in [7, 11) is -5.17. The van der Waals surface area contributed by atoms with Gasteiger partial charge in [0.25, 0.3) is 0 Å². The summed E-state index contributed by atoms with van der Waals surface area (Å²) in [5.41, 5.74) is 0. The van der Waals surface area contributed by atoms with Gasteiger partial charge in [-0.15, -0.1) is 0 Å². The average molecular weight is 215 g/mol.